The Hall–Kier alpha value is -0.470. The Morgan fingerprint density at radius 1 is 1.44 bits per heavy atom. The van der Waals surface area contributed by atoms with Crippen LogP contribution < -0.4 is 0 Å². The second kappa shape index (κ2) is 5.24. The first kappa shape index (κ1) is 12.0. The summed E-state index contributed by atoms with van der Waals surface area (Å²) in [5.41, 5.74) is 0.807. The van der Waals surface area contributed by atoms with Gasteiger partial charge < -0.3 is 4.42 Å². The number of furan rings is 1. The van der Waals surface area contributed by atoms with Gasteiger partial charge in [-0.1, -0.05) is 46.6 Å². The molecule has 0 amide bonds. The van der Waals surface area contributed by atoms with Crippen molar-refractivity contribution in [1.29, 1.82) is 0 Å². The number of fused-ring (bicyclic) bond motifs is 1. The number of aryl methyl sites for hydroxylation is 1. The second-order valence-electron chi connectivity index (χ2n) is 3.92. The number of benzene rings is 1. The molecule has 2 rings (SSSR count). The minimum atomic E-state index is 0.566. The first-order valence-corrected chi connectivity index (χ1v) is 6.81. The van der Waals surface area contributed by atoms with Crippen LogP contribution in [0.25, 0.3) is 11.0 Å². The van der Waals surface area contributed by atoms with Gasteiger partial charge in [-0.3, -0.25) is 0 Å². The van der Waals surface area contributed by atoms with E-state index in [0.29, 0.717) is 9.85 Å². The molecule has 3 heteroatoms. The van der Waals surface area contributed by atoms with Crippen LogP contribution in [0.1, 0.15) is 25.5 Å². The maximum Gasteiger partial charge on any atom is 0.152 e. The molecule has 1 nitrogen and oxygen atoms in total. The van der Waals surface area contributed by atoms with Gasteiger partial charge >= 0.3 is 0 Å². The molecule has 0 N–H and O–H groups in total. The zero-order valence-corrected chi connectivity index (χ0v) is 11.5. The lowest BCUT2D eigenvalue weighted by molar-refractivity contribution is 0.535. The smallest absolute Gasteiger partial charge is 0.152 e. The van der Waals surface area contributed by atoms with Crippen LogP contribution >= 0.6 is 27.5 Å². The number of alkyl halides is 1. The third-order valence-corrected chi connectivity index (χ3v) is 4.10. The predicted molar refractivity (Wildman–Crippen MR) is 72.6 cm³/mol. The molecule has 16 heavy (non-hydrogen) atoms. The molecule has 1 atom stereocenters. The minimum Gasteiger partial charge on any atom is -0.460 e. The van der Waals surface area contributed by atoms with E-state index in [0.717, 1.165) is 36.0 Å². The standard InChI is InChI=1S/C13H14BrClO/c1-2-10(14)6-7-11-8-9-4-3-5-12(15)13(9)16-11/h3-5,8,10H,2,6-7H2,1H3. The van der Waals surface area contributed by atoms with Crippen molar-refractivity contribution in [2.75, 3.05) is 0 Å². The zero-order valence-electron chi connectivity index (χ0n) is 9.17. The fraction of sp³-hybridized carbons (Fsp3) is 0.385. The number of hydrogen-bond donors (Lipinski definition) is 0. The van der Waals surface area contributed by atoms with Crippen LogP contribution in [0.15, 0.2) is 28.7 Å². The minimum absolute atomic E-state index is 0.566. The Kier molecular flexibility index (Phi) is 3.93. The van der Waals surface area contributed by atoms with Crippen molar-refractivity contribution in [3.05, 3.63) is 35.0 Å². The van der Waals surface area contributed by atoms with Crippen LogP contribution in [0, 0.1) is 0 Å². The van der Waals surface area contributed by atoms with Crippen LogP contribution in [-0.2, 0) is 6.42 Å². The van der Waals surface area contributed by atoms with Crippen LogP contribution in [-0.4, -0.2) is 4.83 Å². The molecule has 0 bridgehead atoms. The van der Waals surface area contributed by atoms with Crippen molar-refractivity contribution in [2.45, 2.75) is 31.0 Å². The van der Waals surface area contributed by atoms with Crippen molar-refractivity contribution in [2.24, 2.45) is 0 Å². The summed E-state index contributed by atoms with van der Waals surface area (Å²) < 4.78 is 5.74. The van der Waals surface area contributed by atoms with Crippen LogP contribution in [0.2, 0.25) is 5.02 Å². The van der Waals surface area contributed by atoms with Crippen LogP contribution in [0.4, 0.5) is 0 Å². The van der Waals surface area contributed by atoms with Crippen molar-refractivity contribution in [3.63, 3.8) is 0 Å². The van der Waals surface area contributed by atoms with E-state index >= 15 is 0 Å². The lowest BCUT2D eigenvalue weighted by atomic mass is 10.1. The highest BCUT2D eigenvalue weighted by atomic mass is 79.9. The molecule has 86 valence electrons. The van der Waals surface area contributed by atoms with Gasteiger partial charge in [0.25, 0.3) is 0 Å². The van der Waals surface area contributed by atoms with Crippen LogP contribution in [0.3, 0.4) is 0 Å². The molecular weight excluding hydrogens is 287 g/mol. The first-order valence-electron chi connectivity index (χ1n) is 5.51. The molecule has 0 aliphatic carbocycles. The molecule has 0 aliphatic rings. The van der Waals surface area contributed by atoms with Gasteiger partial charge in [-0.15, -0.1) is 0 Å². The molecule has 1 unspecified atom stereocenters. The highest BCUT2D eigenvalue weighted by Gasteiger charge is 2.08. The van der Waals surface area contributed by atoms with Gasteiger partial charge in [-0.05, 0) is 25.0 Å². The van der Waals surface area contributed by atoms with Gasteiger partial charge in [-0.2, -0.15) is 0 Å². The number of halogens is 2. The Morgan fingerprint density at radius 2 is 2.25 bits per heavy atom. The molecule has 0 radical (unpaired) electrons. The van der Waals surface area contributed by atoms with Gasteiger partial charge in [0.1, 0.15) is 5.76 Å². The quantitative estimate of drug-likeness (QED) is 0.708. The predicted octanol–water partition coefficient (Wildman–Crippen LogP) is 5.19. The summed E-state index contributed by atoms with van der Waals surface area (Å²) in [6.07, 6.45) is 3.18. The summed E-state index contributed by atoms with van der Waals surface area (Å²) in [4.78, 5) is 0.566. The molecule has 1 heterocycles. The van der Waals surface area contributed by atoms with Crippen molar-refractivity contribution in [1.82, 2.24) is 0 Å². The molecule has 0 saturated heterocycles. The molecular formula is C13H14BrClO. The summed E-state index contributed by atoms with van der Waals surface area (Å²) in [5.74, 6) is 1.01. The SMILES string of the molecule is CCC(Br)CCc1cc2cccc(Cl)c2o1. The second-order valence-corrected chi connectivity index (χ2v) is 5.62. The lowest BCUT2D eigenvalue weighted by Gasteiger charge is -2.03. The van der Waals surface area contributed by atoms with E-state index in [1.165, 1.54) is 0 Å². The molecule has 2 aromatic rings. The molecule has 0 saturated carbocycles. The molecule has 1 aromatic heterocycles. The van der Waals surface area contributed by atoms with Crippen molar-refractivity contribution >= 4 is 38.5 Å². The lowest BCUT2D eigenvalue weighted by Crippen LogP contribution is -1.96. The third-order valence-electron chi connectivity index (χ3n) is 2.69. The summed E-state index contributed by atoms with van der Waals surface area (Å²) in [7, 11) is 0. The molecule has 1 aromatic carbocycles. The van der Waals surface area contributed by atoms with Crippen molar-refractivity contribution in [3.8, 4) is 0 Å². The summed E-state index contributed by atoms with van der Waals surface area (Å²) in [6.45, 7) is 2.18. The summed E-state index contributed by atoms with van der Waals surface area (Å²) in [6, 6.07) is 7.91. The van der Waals surface area contributed by atoms with E-state index in [-0.39, 0.29) is 0 Å². The Bertz CT molecular complexity index is 478. The van der Waals surface area contributed by atoms with Gasteiger partial charge in [0.15, 0.2) is 5.58 Å². The number of rotatable bonds is 4. The monoisotopic (exact) mass is 300 g/mol. The number of para-hydroxylation sites is 1. The number of hydrogen-bond acceptors (Lipinski definition) is 1. The topological polar surface area (TPSA) is 13.1 Å². The summed E-state index contributed by atoms with van der Waals surface area (Å²) >= 11 is 9.68. The normalized spacial score (nSPS) is 13.2. The maximum atomic E-state index is 6.06. The van der Waals surface area contributed by atoms with Crippen LogP contribution in [0.5, 0.6) is 0 Å². The Labute approximate surface area is 109 Å². The van der Waals surface area contributed by atoms with Gasteiger partial charge in [0.2, 0.25) is 0 Å². The highest BCUT2D eigenvalue weighted by Crippen LogP contribution is 2.27. The van der Waals surface area contributed by atoms with E-state index in [4.69, 9.17) is 16.0 Å². The van der Waals surface area contributed by atoms with E-state index in [1.54, 1.807) is 0 Å². The Balaban J connectivity index is 2.17. The van der Waals surface area contributed by atoms with E-state index in [1.807, 2.05) is 18.2 Å². The fourth-order valence-electron chi connectivity index (χ4n) is 1.71. The molecule has 0 aliphatic heterocycles. The zero-order chi connectivity index (χ0) is 11.5. The molecule has 0 fully saturated rings. The highest BCUT2D eigenvalue weighted by molar-refractivity contribution is 9.09. The molecule has 0 spiro atoms. The van der Waals surface area contributed by atoms with E-state index in [2.05, 4.69) is 28.9 Å². The average molecular weight is 302 g/mol. The van der Waals surface area contributed by atoms with Gasteiger partial charge in [-0.25, -0.2) is 0 Å². The van der Waals surface area contributed by atoms with Gasteiger partial charge in [0, 0.05) is 16.6 Å². The third kappa shape index (κ3) is 2.61. The summed E-state index contributed by atoms with van der Waals surface area (Å²) in [5, 5.41) is 1.78. The Morgan fingerprint density at radius 3 is 2.94 bits per heavy atom. The van der Waals surface area contributed by atoms with Crippen molar-refractivity contribution < 1.29 is 4.42 Å². The fourth-order valence-corrected chi connectivity index (χ4v) is 2.16. The van der Waals surface area contributed by atoms with E-state index in [9.17, 15) is 0 Å². The first-order chi connectivity index (χ1) is 7.70. The largest absolute Gasteiger partial charge is 0.460 e. The maximum absolute atomic E-state index is 6.06. The van der Waals surface area contributed by atoms with Gasteiger partial charge in [0.05, 0.1) is 5.02 Å². The average Bonchev–Trinajstić information content (AvgIpc) is 2.70. The van der Waals surface area contributed by atoms with E-state index < -0.39 is 0 Å².